The molecule has 2 atom stereocenters. The van der Waals surface area contributed by atoms with Crippen LogP contribution in [0.25, 0.3) is 0 Å². The molecule has 0 aromatic rings. The van der Waals surface area contributed by atoms with E-state index in [1.54, 1.807) is 6.08 Å². The van der Waals surface area contributed by atoms with Gasteiger partial charge < -0.3 is 9.47 Å². The number of carbonyl (C=O) groups is 1. The molecule has 2 unspecified atom stereocenters. The van der Waals surface area contributed by atoms with Crippen molar-refractivity contribution in [1.29, 1.82) is 0 Å². The lowest BCUT2D eigenvalue weighted by molar-refractivity contribution is -0.159. The van der Waals surface area contributed by atoms with Crippen molar-refractivity contribution in [2.24, 2.45) is 0 Å². The van der Waals surface area contributed by atoms with Crippen molar-refractivity contribution in [2.75, 3.05) is 0 Å². The Bertz CT molecular complexity index is 322. The first-order chi connectivity index (χ1) is 6.44. The molecule has 2 aliphatic rings. The van der Waals surface area contributed by atoms with Crippen molar-refractivity contribution in [2.45, 2.75) is 38.1 Å². The van der Waals surface area contributed by atoms with E-state index < -0.39 is 11.2 Å². The zero-order valence-electron chi connectivity index (χ0n) is 8.61. The molecule has 1 heterocycles. The van der Waals surface area contributed by atoms with Crippen LogP contribution in [0.2, 0.25) is 0 Å². The van der Waals surface area contributed by atoms with Gasteiger partial charge in [-0.15, -0.1) is 0 Å². The van der Waals surface area contributed by atoms with Gasteiger partial charge in [-0.05, 0) is 26.8 Å². The van der Waals surface area contributed by atoms with Gasteiger partial charge in [0.05, 0.1) is 0 Å². The van der Waals surface area contributed by atoms with Crippen LogP contribution in [0.4, 0.5) is 0 Å². The van der Waals surface area contributed by atoms with E-state index >= 15 is 0 Å². The summed E-state index contributed by atoms with van der Waals surface area (Å²) in [4.78, 5) is 11.7. The Balaban J connectivity index is 2.08. The van der Waals surface area contributed by atoms with Crippen molar-refractivity contribution in [3.05, 3.63) is 24.3 Å². The zero-order valence-corrected chi connectivity index (χ0v) is 8.61. The molecular formula is C11H14O3. The molecule has 0 radical (unpaired) electrons. The summed E-state index contributed by atoms with van der Waals surface area (Å²) in [5, 5.41) is 0. The minimum Gasteiger partial charge on any atom is -0.457 e. The molecule has 2 rings (SSSR count). The van der Waals surface area contributed by atoms with Crippen LogP contribution in [-0.2, 0) is 14.3 Å². The first kappa shape index (κ1) is 9.46. The van der Waals surface area contributed by atoms with Crippen molar-refractivity contribution in [3.63, 3.8) is 0 Å². The largest absolute Gasteiger partial charge is 0.457 e. The van der Waals surface area contributed by atoms with E-state index in [1.165, 1.54) is 0 Å². The molecule has 0 bridgehead atoms. The van der Waals surface area contributed by atoms with Gasteiger partial charge in [-0.3, -0.25) is 0 Å². The highest BCUT2D eigenvalue weighted by Crippen LogP contribution is 2.42. The van der Waals surface area contributed by atoms with Gasteiger partial charge in [0.1, 0.15) is 11.7 Å². The van der Waals surface area contributed by atoms with Crippen LogP contribution in [0.1, 0.15) is 20.8 Å². The maximum atomic E-state index is 11.7. The fourth-order valence-corrected chi connectivity index (χ4v) is 1.45. The van der Waals surface area contributed by atoms with Crippen molar-refractivity contribution in [1.82, 2.24) is 0 Å². The molecule has 0 N–H and O–H groups in total. The number of epoxide rings is 1. The molecule has 0 amide bonds. The molecule has 1 saturated heterocycles. The number of hydrogen-bond donors (Lipinski definition) is 0. The molecule has 3 nitrogen and oxygen atoms in total. The zero-order chi connectivity index (χ0) is 10.4. The van der Waals surface area contributed by atoms with E-state index in [4.69, 9.17) is 9.47 Å². The van der Waals surface area contributed by atoms with Crippen molar-refractivity contribution in [3.8, 4) is 0 Å². The summed E-state index contributed by atoms with van der Waals surface area (Å²) in [5.74, 6) is -0.296. The lowest BCUT2D eigenvalue weighted by Gasteiger charge is -2.21. The fraction of sp³-hybridized carbons (Fsp3) is 0.545. The van der Waals surface area contributed by atoms with E-state index in [-0.39, 0.29) is 12.1 Å². The number of esters is 1. The summed E-state index contributed by atoms with van der Waals surface area (Å²) in [6.45, 7) is 5.55. The minimum absolute atomic E-state index is 0.123. The van der Waals surface area contributed by atoms with E-state index in [0.29, 0.717) is 0 Å². The highest BCUT2D eigenvalue weighted by Gasteiger charge is 2.62. The predicted octanol–water partition coefficient (Wildman–Crippen LogP) is 1.59. The highest BCUT2D eigenvalue weighted by molar-refractivity contribution is 5.87. The average Bonchev–Trinajstić information content (AvgIpc) is 2.75. The Hall–Kier alpha value is -1.09. The Kier molecular flexibility index (Phi) is 1.83. The molecule has 76 valence electrons. The van der Waals surface area contributed by atoms with Gasteiger partial charge in [0, 0.05) is 0 Å². The summed E-state index contributed by atoms with van der Waals surface area (Å²) < 4.78 is 10.6. The molecule has 0 saturated carbocycles. The second kappa shape index (κ2) is 2.70. The third kappa shape index (κ3) is 1.48. The Morgan fingerprint density at radius 1 is 1.43 bits per heavy atom. The minimum atomic E-state index is -0.817. The first-order valence-corrected chi connectivity index (χ1v) is 4.71. The first-order valence-electron chi connectivity index (χ1n) is 4.71. The second-order valence-electron chi connectivity index (χ2n) is 4.58. The SMILES string of the molecule is CC(C)(C)OC(=O)C12C=CC=CC1O2. The summed E-state index contributed by atoms with van der Waals surface area (Å²) >= 11 is 0. The van der Waals surface area contributed by atoms with Gasteiger partial charge in [-0.1, -0.05) is 18.2 Å². The maximum Gasteiger partial charge on any atom is 0.346 e. The summed E-state index contributed by atoms with van der Waals surface area (Å²) in [5.41, 5.74) is -1.28. The Morgan fingerprint density at radius 3 is 2.71 bits per heavy atom. The quantitative estimate of drug-likeness (QED) is 0.470. The number of hydrogen-bond acceptors (Lipinski definition) is 3. The van der Waals surface area contributed by atoms with E-state index in [0.717, 1.165) is 0 Å². The standard InChI is InChI=1S/C11H14O3/c1-10(2,3)14-9(12)11-7-5-4-6-8(11)13-11/h4-8H,1-3H3. The van der Waals surface area contributed by atoms with Crippen LogP contribution < -0.4 is 0 Å². The molecule has 1 fully saturated rings. The highest BCUT2D eigenvalue weighted by atomic mass is 16.7. The molecule has 0 aromatic carbocycles. The monoisotopic (exact) mass is 194 g/mol. The summed E-state index contributed by atoms with van der Waals surface area (Å²) in [6.07, 6.45) is 7.19. The number of allylic oxidation sites excluding steroid dienone is 2. The normalized spacial score (nSPS) is 33.8. The van der Waals surface area contributed by atoms with Crippen LogP contribution in [0.15, 0.2) is 24.3 Å². The van der Waals surface area contributed by atoms with Crippen LogP contribution in [0.3, 0.4) is 0 Å². The summed E-state index contributed by atoms with van der Waals surface area (Å²) in [7, 11) is 0. The molecular weight excluding hydrogens is 180 g/mol. The molecule has 1 aliphatic carbocycles. The van der Waals surface area contributed by atoms with E-state index in [1.807, 2.05) is 39.0 Å². The molecule has 0 spiro atoms. The van der Waals surface area contributed by atoms with E-state index in [9.17, 15) is 4.79 Å². The maximum absolute atomic E-state index is 11.7. The van der Waals surface area contributed by atoms with Gasteiger partial charge in [-0.25, -0.2) is 4.79 Å². The Labute approximate surface area is 83.4 Å². The fourth-order valence-electron chi connectivity index (χ4n) is 1.45. The molecule has 1 aliphatic heterocycles. The van der Waals surface area contributed by atoms with Gasteiger partial charge in [-0.2, -0.15) is 0 Å². The second-order valence-corrected chi connectivity index (χ2v) is 4.58. The molecule has 3 heteroatoms. The number of carbonyl (C=O) groups excluding carboxylic acids is 1. The lowest BCUT2D eigenvalue weighted by atomic mass is 10.0. The van der Waals surface area contributed by atoms with Gasteiger partial charge in [0.25, 0.3) is 0 Å². The van der Waals surface area contributed by atoms with Crippen LogP contribution >= 0.6 is 0 Å². The smallest absolute Gasteiger partial charge is 0.346 e. The molecule has 14 heavy (non-hydrogen) atoms. The van der Waals surface area contributed by atoms with Crippen LogP contribution in [0, 0.1) is 0 Å². The number of rotatable bonds is 1. The summed E-state index contributed by atoms with van der Waals surface area (Å²) in [6, 6.07) is 0. The third-order valence-electron chi connectivity index (χ3n) is 2.15. The number of fused-ring (bicyclic) bond motifs is 1. The van der Waals surface area contributed by atoms with Crippen LogP contribution in [-0.4, -0.2) is 23.3 Å². The van der Waals surface area contributed by atoms with E-state index in [2.05, 4.69) is 0 Å². The van der Waals surface area contributed by atoms with Gasteiger partial charge >= 0.3 is 5.97 Å². The predicted molar refractivity (Wildman–Crippen MR) is 51.7 cm³/mol. The van der Waals surface area contributed by atoms with Crippen molar-refractivity contribution < 1.29 is 14.3 Å². The molecule has 0 aromatic heterocycles. The van der Waals surface area contributed by atoms with Gasteiger partial charge in [0.2, 0.25) is 5.60 Å². The van der Waals surface area contributed by atoms with Crippen molar-refractivity contribution >= 4 is 5.97 Å². The topological polar surface area (TPSA) is 38.8 Å². The van der Waals surface area contributed by atoms with Crippen LogP contribution in [0.5, 0.6) is 0 Å². The average molecular weight is 194 g/mol. The third-order valence-corrected chi connectivity index (χ3v) is 2.15. The van der Waals surface area contributed by atoms with Gasteiger partial charge in [0.15, 0.2) is 0 Å². The number of ether oxygens (including phenoxy) is 2. The lowest BCUT2D eigenvalue weighted by Crippen LogP contribution is -2.34. The Morgan fingerprint density at radius 2 is 2.14 bits per heavy atom.